The van der Waals surface area contributed by atoms with Crippen molar-refractivity contribution >= 4 is 44.2 Å². The Balaban J connectivity index is 1.59. The second kappa shape index (κ2) is 11.0. The molecule has 0 unspecified atom stereocenters. The molecule has 2 amide bonds. The van der Waals surface area contributed by atoms with Gasteiger partial charge in [-0.05, 0) is 54.4 Å². The number of carbonyl (C=O) groups excluding carboxylic acids is 2. The summed E-state index contributed by atoms with van der Waals surface area (Å²) in [5.41, 5.74) is 0.789. The van der Waals surface area contributed by atoms with Crippen molar-refractivity contribution in [2.24, 2.45) is 0 Å². The zero-order valence-electron chi connectivity index (χ0n) is 18.3. The molecule has 0 saturated carbocycles. The van der Waals surface area contributed by atoms with Crippen molar-refractivity contribution < 1.29 is 32.6 Å². The van der Waals surface area contributed by atoms with Crippen LogP contribution in [0.15, 0.2) is 65.7 Å². The Morgan fingerprint density at radius 2 is 1.77 bits per heavy atom. The van der Waals surface area contributed by atoms with Crippen LogP contribution in [-0.2, 0) is 16.3 Å². The summed E-state index contributed by atoms with van der Waals surface area (Å²) in [6.07, 6.45) is 1.45. The van der Waals surface area contributed by atoms with E-state index in [2.05, 4.69) is 15.6 Å². The normalized spacial score (nSPS) is 10.9. The number of halogens is 1. The van der Waals surface area contributed by atoms with Crippen LogP contribution in [-0.4, -0.2) is 49.3 Å². The number of benzene rings is 2. The van der Waals surface area contributed by atoms with Crippen molar-refractivity contribution in [2.75, 3.05) is 19.0 Å². The minimum atomic E-state index is -4.35. The first-order chi connectivity index (χ1) is 16.6. The number of carboxylic acids is 1. The van der Waals surface area contributed by atoms with E-state index < -0.39 is 21.0 Å². The van der Waals surface area contributed by atoms with Gasteiger partial charge in [0.05, 0.1) is 34.5 Å². The highest BCUT2D eigenvalue weighted by Crippen LogP contribution is 2.22. The lowest BCUT2D eigenvalue weighted by Crippen LogP contribution is -2.26. The number of sulfone groups is 1. The molecule has 35 heavy (non-hydrogen) atoms. The van der Waals surface area contributed by atoms with Gasteiger partial charge in [0.25, 0.3) is 15.7 Å². The number of nitrogens with zero attached hydrogens (tertiary/aromatic N) is 1. The first-order valence-electron chi connectivity index (χ1n) is 10.1. The lowest BCUT2D eigenvalue weighted by atomic mass is 10.1. The summed E-state index contributed by atoms with van der Waals surface area (Å²) >= 11 is 6.07. The molecule has 3 rings (SSSR count). The third-order valence-corrected chi connectivity index (χ3v) is 6.64. The van der Waals surface area contributed by atoms with Crippen LogP contribution in [0, 0.1) is 0 Å². The summed E-state index contributed by atoms with van der Waals surface area (Å²) in [6.45, 7) is 0.262. The van der Waals surface area contributed by atoms with E-state index in [-0.39, 0.29) is 39.3 Å². The zero-order valence-corrected chi connectivity index (χ0v) is 19.9. The highest BCUT2D eigenvalue weighted by atomic mass is 35.5. The maximum absolute atomic E-state index is 12.6. The number of methoxy groups -OCH3 is 1. The number of amides is 2. The SMILES string of the molecule is COc1ccc(Cl)c(C(=O)NCCc2ccc(S(=O)(=O)C(=O)Nc3ccc(C(=O)O)nc3)cc2)c1. The predicted molar refractivity (Wildman–Crippen MR) is 128 cm³/mol. The molecule has 0 aliphatic heterocycles. The third kappa shape index (κ3) is 6.34. The number of nitrogens with one attached hydrogen (secondary N) is 2. The van der Waals surface area contributed by atoms with Crippen LogP contribution in [0.2, 0.25) is 5.02 Å². The fourth-order valence-corrected chi connectivity index (χ4v) is 4.11. The highest BCUT2D eigenvalue weighted by Gasteiger charge is 2.25. The van der Waals surface area contributed by atoms with Gasteiger partial charge in [-0.2, -0.15) is 0 Å². The van der Waals surface area contributed by atoms with E-state index in [1.54, 1.807) is 12.1 Å². The Morgan fingerprint density at radius 1 is 1.06 bits per heavy atom. The molecule has 10 nitrogen and oxygen atoms in total. The number of aromatic carboxylic acids is 1. The Labute approximate surface area is 205 Å². The molecule has 0 fully saturated rings. The van der Waals surface area contributed by atoms with Crippen molar-refractivity contribution in [2.45, 2.75) is 11.3 Å². The largest absolute Gasteiger partial charge is 0.497 e. The molecule has 0 bridgehead atoms. The quantitative estimate of drug-likeness (QED) is 0.411. The molecule has 1 heterocycles. The second-order valence-corrected chi connectivity index (χ2v) is 9.41. The Kier molecular flexibility index (Phi) is 8.05. The van der Waals surface area contributed by atoms with Gasteiger partial charge < -0.3 is 20.5 Å². The van der Waals surface area contributed by atoms with E-state index in [1.165, 1.54) is 43.5 Å². The first kappa shape index (κ1) is 25.7. The number of hydrogen-bond acceptors (Lipinski definition) is 7. The van der Waals surface area contributed by atoms with Gasteiger partial charge in [0.15, 0.2) is 0 Å². The standard InChI is InChI=1S/C23H20ClN3O7S/c1-34-16-5-8-19(24)18(12-16)21(28)25-11-10-14-2-6-17(7-3-14)35(32,33)23(31)27-15-4-9-20(22(29)30)26-13-15/h2-9,12-13H,10-11H2,1H3,(H,25,28)(H,27,31)(H,29,30). The summed E-state index contributed by atoms with van der Waals surface area (Å²) in [5, 5.41) is 12.8. The number of ether oxygens (including phenoxy) is 1. The van der Waals surface area contributed by atoms with Crippen LogP contribution < -0.4 is 15.4 Å². The number of aromatic nitrogens is 1. The van der Waals surface area contributed by atoms with E-state index in [0.717, 1.165) is 17.8 Å². The van der Waals surface area contributed by atoms with E-state index in [0.29, 0.717) is 12.2 Å². The average molecular weight is 518 g/mol. The summed E-state index contributed by atoms with van der Waals surface area (Å²) in [4.78, 5) is 38.9. The monoisotopic (exact) mass is 517 g/mol. The van der Waals surface area contributed by atoms with E-state index in [1.807, 2.05) is 0 Å². The fourth-order valence-electron chi connectivity index (χ4n) is 2.94. The molecule has 0 spiro atoms. The van der Waals surface area contributed by atoms with Crippen molar-refractivity contribution in [3.05, 3.63) is 82.6 Å². The molecule has 182 valence electrons. The second-order valence-electron chi connectivity index (χ2n) is 7.15. The molecule has 0 radical (unpaired) electrons. The Hall–Kier alpha value is -3.96. The van der Waals surface area contributed by atoms with Gasteiger partial charge in [0.2, 0.25) is 0 Å². The number of rotatable bonds is 8. The molecular weight excluding hydrogens is 498 g/mol. The van der Waals surface area contributed by atoms with Gasteiger partial charge in [-0.3, -0.25) is 9.59 Å². The summed E-state index contributed by atoms with van der Waals surface area (Å²) < 4.78 is 30.2. The molecule has 0 aliphatic carbocycles. The molecule has 0 aliphatic rings. The smallest absolute Gasteiger partial charge is 0.354 e. The lowest BCUT2D eigenvalue weighted by molar-refractivity contribution is 0.0690. The van der Waals surface area contributed by atoms with E-state index >= 15 is 0 Å². The molecule has 3 N–H and O–H groups in total. The zero-order chi connectivity index (χ0) is 25.6. The Morgan fingerprint density at radius 3 is 2.37 bits per heavy atom. The van der Waals surface area contributed by atoms with E-state index in [9.17, 15) is 22.8 Å². The number of carbonyl (C=O) groups is 3. The molecule has 2 aromatic carbocycles. The maximum atomic E-state index is 12.6. The van der Waals surface area contributed by atoms with Crippen LogP contribution in [0.3, 0.4) is 0 Å². The molecule has 12 heteroatoms. The van der Waals surface area contributed by atoms with Crippen molar-refractivity contribution in [3.8, 4) is 5.75 Å². The Bertz CT molecular complexity index is 1360. The topological polar surface area (TPSA) is 152 Å². The van der Waals surface area contributed by atoms with Crippen LogP contribution >= 0.6 is 11.6 Å². The number of hydrogen-bond donors (Lipinski definition) is 3. The predicted octanol–water partition coefficient (Wildman–Crippen LogP) is 3.42. The van der Waals surface area contributed by atoms with Crippen LogP contribution in [0.4, 0.5) is 10.5 Å². The fraction of sp³-hybridized carbons (Fsp3) is 0.130. The van der Waals surface area contributed by atoms with E-state index in [4.69, 9.17) is 21.4 Å². The van der Waals surface area contributed by atoms with Gasteiger partial charge in [0, 0.05) is 6.54 Å². The molecular formula is C23H20ClN3O7S. The van der Waals surface area contributed by atoms with Crippen molar-refractivity contribution in [3.63, 3.8) is 0 Å². The van der Waals surface area contributed by atoms with Gasteiger partial charge in [0.1, 0.15) is 11.4 Å². The lowest BCUT2D eigenvalue weighted by Gasteiger charge is -2.09. The minimum absolute atomic E-state index is 0.0343. The first-order valence-corrected chi connectivity index (χ1v) is 11.9. The van der Waals surface area contributed by atoms with Crippen LogP contribution in [0.5, 0.6) is 5.75 Å². The summed E-state index contributed by atoms with van der Waals surface area (Å²) in [6, 6.07) is 12.8. The van der Waals surface area contributed by atoms with Gasteiger partial charge in [-0.15, -0.1) is 0 Å². The maximum Gasteiger partial charge on any atom is 0.354 e. The minimum Gasteiger partial charge on any atom is -0.497 e. The summed E-state index contributed by atoms with van der Waals surface area (Å²) in [7, 11) is -2.87. The van der Waals surface area contributed by atoms with Crippen molar-refractivity contribution in [1.82, 2.24) is 10.3 Å². The highest BCUT2D eigenvalue weighted by molar-refractivity contribution is 8.06. The summed E-state index contributed by atoms with van der Waals surface area (Å²) in [5.74, 6) is -1.14. The molecule has 0 saturated heterocycles. The number of carboxylic acid groups (broad SMARTS) is 1. The third-order valence-electron chi connectivity index (χ3n) is 4.82. The molecule has 0 atom stereocenters. The number of pyridine rings is 1. The van der Waals surface area contributed by atoms with Gasteiger partial charge >= 0.3 is 11.2 Å². The van der Waals surface area contributed by atoms with Crippen LogP contribution in [0.25, 0.3) is 0 Å². The van der Waals surface area contributed by atoms with Crippen molar-refractivity contribution in [1.29, 1.82) is 0 Å². The molecule has 1 aromatic heterocycles. The number of anilines is 1. The van der Waals surface area contributed by atoms with Gasteiger partial charge in [-0.1, -0.05) is 23.7 Å². The van der Waals surface area contributed by atoms with Gasteiger partial charge in [-0.25, -0.2) is 18.2 Å². The van der Waals surface area contributed by atoms with Crippen LogP contribution in [0.1, 0.15) is 26.4 Å². The molecule has 3 aromatic rings. The average Bonchev–Trinajstić information content (AvgIpc) is 2.85.